The number of rotatable bonds is 3. The van der Waals surface area contributed by atoms with Gasteiger partial charge in [-0.3, -0.25) is 10.2 Å². The van der Waals surface area contributed by atoms with E-state index in [9.17, 15) is 9.59 Å². The molecule has 2 amide bonds. The Morgan fingerprint density at radius 1 is 1.25 bits per heavy atom. The number of aromatic amines is 1. The van der Waals surface area contributed by atoms with E-state index in [4.69, 9.17) is 4.74 Å². The van der Waals surface area contributed by atoms with Crippen LogP contribution in [-0.4, -0.2) is 30.7 Å². The van der Waals surface area contributed by atoms with Crippen molar-refractivity contribution < 1.29 is 19.1 Å². The molecule has 3 N–H and O–H groups in total. The van der Waals surface area contributed by atoms with E-state index in [0.717, 1.165) is 10.9 Å². The number of carbonyl (C=O) groups is 2. The van der Waals surface area contributed by atoms with Gasteiger partial charge in [0.15, 0.2) is 0 Å². The molecule has 0 spiro atoms. The number of hydrogen-bond acceptors (Lipinski definition) is 4. The number of hydrazine groups is 1. The molecule has 1 aromatic carbocycles. The van der Waals surface area contributed by atoms with Crippen LogP contribution in [0.25, 0.3) is 10.9 Å². The molecule has 106 valence electrons. The lowest BCUT2D eigenvalue weighted by Crippen LogP contribution is -2.42. The summed E-state index contributed by atoms with van der Waals surface area (Å²) in [6, 6.07) is 7.07. The number of methoxy groups -OCH3 is 1. The van der Waals surface area contributed by atoms with Crippen LogP contribution in [0.1, 0.15) is 17.4 Å². The standard InChI is InChI=1S/C13H15N3O4/c1-3-20-13(18)16-15-12(17)11-7-8-6-9(19-2)4-5-10(8)14-11/h4-7,14H,3H2,1-2H3,(H,15,17)(H,16,18). The van der Waals surface area contributed by atoms with Crippen molar-refractivity contribution in [3.63, 3.8) is 0 Å². The molecule has 0 bridgehead atoms. The first-order chi connectivity index (χ1) is 9.63. The SMILES string of the molecule is CCOC(=O)NNC(=O)c1cc2cc(OC)ccc2[nH]1. The van der Waals surface area contributed by atoms with Gasteiger partial charge >= 0.3 is 6.09 Å². The molecule has 20 heavy (non-hydrogen) atoms. The zero-order valence-corrected chi connectivity index (χ0v) is 11.1. The van der Waals surface area contributed by atoms with Crippen LogP contribution in [-0.2, 0) is 4.74 Å². The van der Waals surface area contributed by atoms with Crippen LogP contribution in [0.4, 0.5) is 4.79 Å². The highest BCUT2D eigenvalue weighted by molar-refractivity contribution is 5.98. The minimum absolute atomic E-state index is 0.230. The molecule has 7 heteroatoms. The van der Waals surface area contributed by atoms with Crippen molar-refractivity contribution in [2.24, 2.45) is 0 Å². The number of H-pyrrole nitrogens is 1. The van der Waals surface area contributed by atoms with Crippen molar-refractivity contribution >= 4 is 22.9 Å². The zero-order valence-electron chi connectivity index (χ0n) is 11.1. The summed E-state index contributed by atoms with van der Waals surface area (Å²) in [7, 11) is 1.57. The molecule has 7 nitrogen and oxygen atoms in total. The Bertz CT molecular complexity index is 636. The van der Waals surface area contributed by atoms with Gasteiger partial charge in [-0.25, -0.2) is 10.2 Å². The Labute approximate surface area is 115 Å². The first-order valence-electron chi connectivity index (χ1n) is 6.04. The average Bonchev–Trinajstić information content (AvgIpc) is 2.87. The van der Waals surface area contributed by atoms with Crippen molar-refractivity contribution in [2.45, 2.75) is 6.92 Å². The second-order valence-corrected chi connectivity index (χ2v) is 3.94. The highest BCUT2D eigenvalue weighted by atomic mass is 16.6. The van der Waals surface area contributed by atoms with Crippen LogP contribution in [0.2, 0.25) is 0 Å². The van der Waals surface area contributed by atoms with Gasteiger partial charge < -0.3 is 14.5 Å². The molecule has 0 radical (unpaired) electrons. The van der Waals surface area contributed by atoms with E-state index in [-0.39, 0.29) is 6.61 Å². The summed E-state index contributed by atoms with van der Waals surface area (Å²) in [6.07, 6.45) is -0.710. The lowest BCUT2D eigenvalue weighted by atomic mass is 10.2. The van der Waals surface area contributed by atoms with Crippen LogP contribution in [0.15, 0.2) is 24.3 Å². The summed E-state index contributed by atoms with van der Waals surface area (Å²) in [4.78, 5) is 25.8. The predicted molar refractivity (Wildman–Crippen MR) is 72.5 cm³/mol. The molecule has 0 aliphatic carbocycles. The van der Waals surface area contributed by atoms with Gasteiger partial charge in [0, 0.05) is 10.9 Å². The zero-order chi connectivity index (χ0) is 14.5. The molecule has 0 aliphatic rings. The molecule has 0 atom stereocenters. The smallest absolute Gasteiger partial charge is 0.426 e. The summed E-state index contributed by atoms with van der Waals surface area (Å²) in [5.74, 6) is 0.237. The fourth-order valence-electron chi connectivity index (χ4n) is 1.70. The number of fused-ring (bicyclic) bond motifs is 1. The van der Waals surface area contributed by atoms with Crippen LogP contribution in [0.5, 0.6) is 5.75 Å². The van der Waals surface area contributed by atoms with Crippen molar-refractivity contribution in [1.29, 1.82) is 0 Å². The summed E-state index contributed by atoms with van der Waals surface area (Å²) in [5, 5.41) is 0.839. The second kappa shape index (κ2) is 5.96. The highest BCUT2D eigenvalue weighted by Crippen LogP contribution is 2.21. The third-order valence-corrected chi connectivity index (χ3v) is 2.63. The summed E-state index contributed by atoms with van der Waals surface area (Å²) >= 11 is 0. The Hall–Kier alpha value is -2.70. The third kappa shape index (κ3) is 3.00. The van der Waals surface area contributed by atoms with Gasteiger partial charge in [-0.2, -0.15) is 0 Å². The fraction of sp³-hybridized carbons (Fsp3) is 0.231. The monoisotopic (exact) mass is 277 g/mol. The van der Waals surface area contributed by atoms with E-state index in [1.54, 1.807) is 32.2 Å². The fourth-order valence-corrected chi connectivity index (χ4v) is 1.70. The van der Waals surface area contributed by atoms with Gasteiger partial charge in [-0.15, -0.1) is 0 Å². The number of benzene rings is 1. The molecule has 2 rings (SSSR count). The summed E-state index contributed by atoms with van der Waals surface area (Å²) in [6.45, 7) is 1.90. The van der Waals surface area contributed by atoms with Crippen LogP contribution >= 0.6 is 0 Å². The Morgan fingerprint density at radius 2 is 2.05 bits per heavy atom. The van der Waals surface area contributed by atoms with E-state index in [0.29, 0.717) is 11.4 Å². The number of nitrogens with one attached hydrogen (secondary N) is 3. The number of aromatic nitrogens is 1. The van der Waals surface area contributed by atoms with Crippen LogP contribution in [0, 0.1) is 0 Å². The molecule has 0 saturated heterocycles. The lowest BCUT2D eigenvalue weighted by Gasteiger charge is -2.05. The van der Waals surface area contributed by atoms with Gasteiger partial charge in [-0.1, -0.05) is 0 Å². The first-order valence-corrected chi connectivity index (χ1v) is 6.04. The molecule has 0 unspecified atom stereocenters. The van der Waals surface area contributed by atoms with Crippen molar-refractivity contribution in [2.75, 3.05) is 13.7 Å². The Balaban J connectivity index is 2.08. The normalized spacial score (nSPS) is 10.1. The van der Waals surface area contributed by atoms with E-state index in [2.05, 4.69) is 20.6 Å². The molecular formula is C13H15N3O4. The molecule has 2 aromatic rings. The second-order valence-electron chi connectivity index (χ2n) is 3.94. The molecule has 1 aromatic heterocycles. The maximum atomic E-state index is 11.8. The van der Waals surface area contributed by atoms with Crippen molar-refractivity contribution in [3.05, 3.63) is 30.0 Å². The van der Waals surface area contributed by atoms with E-state index in [1.807, 2.05) is 6.07 Å². The van der Waals surface area contributed by atoms with Gasteiger partial charge in [0.1, 0.15) is 11.4 Å². The lowest BCUT2D eigenvalue weighted by molar-refractivity contribution is 0.0908. The van der Waals surface area contributed by atoms with Gasteiger partial charge in [0.25, 0.3) is 5.91 Å². The van der Waals surface area contributed by atoms with Gasteiger partial charge in [-0.05, 0) is 31.2 Å². The number of ether oxygens (including phenoxy) is 2. The maximum absolute atomic E-state index is 11.8. The molecule has 1 heterocycles. The van der Waals surface area contributed by atoms with E-state index < -0.39 is 12.0 Å². The molecule has 0 fully saturated rings. The van der Waals surface area contributed by atoms with E-state index in [1.165, 1.54) is 0 Å². The minimum atomic E-state index is -0.710. The number of carbonyl (C=O) groups excluding carboxylic acids is 2. The highest BCUT2D eigenvalue weighted by Gasteiger charge is 2.11. The van der Waals surface area contributed by atoms with E-state index >= 15 is 0 Å². The maximum Gasteiger partial charge on any atom is 0.426 e. The molecular weight excluding hydrogens is 262 g/mol. The van der Waals surface area contributed by atoms with Gasteiger partial charge in [0.05, 0.1) is 13.7 Å². The van der Waals surface area contributed by atoms with Crippen LogP contribution in [0.3, 0.4) is 0 Å². The van der Waals surface area contributed by atoms with Gasteiger partial charge in [0.2, 0.25) is 0 Å². The minimum Gasteiger partial charge on any atom is -0.497 e. The number of amides is 2. The summed E-state index contributed by atoms with van der Waals surface area (Å²) < 4.78 is 9.74. The molecule has 0 saturated carbocycles. The quantitative estimate of drug-likeness (QED) is 0.742. The Kier molecular flexibility index (Phi) is 4.09. The Morgan fingerprint density at radius 3 is 2.75 bits per heavy atom. The average molecular weight is 277 g/mol. The summed E-state index contributed by atoms with van der Waals surface area (Å²) in [5.41, 5.74) is 5.51. The third-order valence-electron chi connectivity index (χ3n) is 2.63. The largest absolute Gasteiger partial charge is 0.497 e. The van der Waals surface area contributed by atoms with Crippen molar-refractivity contribution in [1.82, 2.24) is 15.8 Å². The topological polar surface area (TPSA) is 92.5 Å². The van der Waals surface area contributed by atoms with Crippen molar-refractivity contribution in [3.8, 4) is 5.75 Å². The van der Waals surface area contributed by atoms with Crippen LogP contribution < -0.4 is 15.6 Å². The number of hydrogen-bond donors (Lipinski definition) is 3. The first kappa shape index (κ1) is 13.7. The molecule has 0 aliphatic heterocycles. The predicted octanol–water partition coefficient (Wildman–Crippen LogP) is 1.57.